The van der Waals surface area contributed by atoms with Gasteiger partial charge >= 0.3 is 5.97 Å². The summed E-state index contributed by atoms with van der Waals surface area (Å²) in [6.45, 7) is 1.44. The van der Waals surface area contributed by atoms with Gasteiger partial charge in [-0.25, -0.2) is 4.79 Å². The summed E-state index contributed by atoms with van der Waals surface area (Å²) in [6, 6.07) is 4.65. The summed E-state index contributed by atoms with van der Waals surface area (Å²) < 4.78 is 4.61. The van der Waals surface area contributed by atoms with Gasteiger partial charge in [0.15, 0.2) is 5.60 Å². The van der Waals surface area contributed by atoms with Crippen molar-refractivity contribution in [1.82, 2.24) is 0 Å². The zero-order valence-corrected chi connectivity index (χ0v) is 9.85. The van der Waals surface area contributed by atoms with Crippen molar-refractivity contribution in [3.05, 3.63) is 29.3 Å². The van der Waals surface area contributed by atoms with Crippen molar-refractivity contribution >= 4 is 17.6 Å². The monoisotopic (exact) mass is 235 g/mol. The Morgan fingerprint density at radius 3 is 2.71 bits per heavy atom. The number of hydrogen-bond donors (Lipinski definition) is 1. The fraction of sp³-hybridized carbons (Fsp3) is 0.333. The topological polar surface area (TPSA) is 66.8 Å². The van der Waals surface area contributed by atoms with Gasteiger partial charge in [-0.2, -0.15) is 0 Å². The summed E-state index contributed by atoms with van der Waals surface area (Å²) in [4.78, 5) is 24.5. The quantitative estimate of drug-likeness (QED) is 0.726. The first-order valence-electron chi connectivity index (χ1n) is 5.13. The van der Waals surface area contributed by atoms with Gasteiger partial charge in [-0.15, -0.1) is 0 Å². The van der Waals surface area contributed by atoms with Crippen LogP contribution < -0.4 is 4.90 Å². The first-order valence-corrected chi connectivity index (χ1v) is 5.13. The molecule has 0 radical (unpaired) electrons. The summed E-state index contributed by atoms with van der Waals surface area (Å²) in [7, 11) is 2.85. The number of aliphatic hydroxyl groups is 1. The van der Waals surface area contributed by atoms with Gasteiger partial charge < -0.3 is 14.7 Å². The number of fused-ring (bicyclic) bond motifs is 1. The lowest BCUT2D eigenvalue weighted by atomic mass is 9.97. The van der Waals surface area contributed by atoms with Gasteiger partial charge in [0, 0.05) is 12.6 Å². The molecule has 0 spiro atoms. The molecule has 1 aromatic carbocycles. The first-order chi connectivity index (χ1) is 7.89. The molecule has 1 unspecified atom stereocenters. The Labute approximate surface area is 98.6 Å². The van der Waals surface area contributed by atoms with Crippen molar-refractivity contribution in [2.45, 2.75) is 12.5 Å². The van der Waals surface area contributed by atoms with Gasteiger partial charge in [0.1, 0.15) is 0 Å². The predicted molar refractivity (Wildman–Crippen MR) is 60.8 cm³/mol. The molecule has 0 saturated carbocycles. The van der Waals surface area contributed by atoms with E-state index in [0.29, 0.717) is 16.8 Å². The Balaban J connectivity index is 2.56. The van der Waals surface area contributed by atoms with Crippen LogP contribution in [0.4, 0.5) is 5.69 Å². The molecule has 0 bridgehead atoms. The molecule has 0 aromatic heterocycles. The lowest BCUT2D eigenvalue weighted by Crippen LogP contribution is -2.35. The summed E-state index contributed by atoms with van der Waals surface area (Å²) in [5.74, 6) is -0.880. The van der Waals surface area contributed by atoms with Crippen molar-refractivity contribution < 1.29 is 19.4 Å². The number of carbonyl (C=O) groups is 2. The number of benzene rings is 1. The molecule has 1 amide bonds. The van der Waals surface area contributed by atoms with Crippen LogP contribution >= 0.6 is 0 Å². The third kappa shape index (κ3) is 1.51. The number of methoxy groups -OCH3 is 1. The standard InChI is InChI=1S/C12H13NO4/c1-12(16)8-5-4-7(10(14)17-3)6-9(8)13(2)11(12)15/h4-6,16H,1-3H3. The second kappa shape index (κ2) is 3.56. The van der Waals surface area contributed by atoms with E-state index in [9.17, 15) is 14.7 Å². The van der Waals surface area contributed by atoms with Gasteiger partial charge in [-0.1, -0.05) is 6.07 Å². The third-order valence-electron chi connectivity index (χ3n) is 3.03. The van der Waals surface area contributed by atoms with Crippen LogP contribution in [0.2, 0.25) is 0 Å². The van der Waals surface area contributed by atoms with Crippen LogP contribution in [0, 0.1) is 0 Å². The van der Waals surface area contributed by atoms with Crippen molar-refractivity contribution in [3.8, 4) is 0 Å². The molecule has 0 saturated heterocycles. The molecule has 1 N–H and O–H groups in total. The molecule has 17 heavy (non-hydrogen) atoms. The van der Waals surface area contributed by atoms with E-state index in [1.165, 1.54) is 25.0 Å². The zero-order chi connectivity index (χ0) is 12.8. The van der Waals surface area contributed by atoms with Crippen LogP contribution in [-0.4, -0.2) is 31.1 Å². The summed E-state index contributed by atoms with van der Waals surface area (Å²) in [5, 5.41) is 10.1. The highest BCUT2D eigenvalue weighted by atomic mass is 16.5. The Morgan fingerprint density at radius 1 is 1.47 bits per heavy atom. The maximum Gasteiger partial charge on any atom is 0.337 e. The second-order valence-corrected chi connectivity index (χ2v) is 4.16. The highest BCUT2D eigenvalue weighted by Gasteiger charge is 2.44. The van der Waals surface area contributed by atoms with E-state index in [0.717, 1.165) is 0 Å². The lowest BCUT2D eigenvalue weighted by Gasteiger charge is -2.14. The van der Waals surface area contributed by atoms with Crippen LogP contribution in [0.1, 0.15) is 22.8 Å². The van der Waals surface area contributed by atoms with E-state index in [4.69, 9.17) is 0 Å². The highest BCUT2D eigenvalue weighted by Crippen LogP contribution is 2.39. The molecule has 0 fully saturated rings. The van der Waals surface area contributed by atoms with Crippen molar-refractivity contribution in [2.75, 3.05) is 19.1 Å². The van der Waals surface area contributed by atoms with Crippen LogP contribution in [0.5, 0.6) is 0 Å². The Morgan fingerprint density at radius 2 is 2.12 bits per heavy atom. The molecule has 5 nitrogen and oxygen atoms in total. The second-order valence-electron chi connectivity index (χ2n) is 4.16. The normalized spacial score (nSPS) is 22.6. The van der Waals surface area contributed by atoms with Crippen LogP contribution in [0.3, 0.4) is 0 Å². The molecule has 0 aliphatic carbocycles. The van der Waals surface area contributed by atoms with Gasteiger partial charge in [-0.3, -0.25) is 4.79 Å². The van der Waals surface area contributed by atoms with E-state index in [1.54, 1.807) is 19.2 Å². The SMILES string of the molecule is COC(=O)c1ccc2c(c1)N(C)C(=O)C2(C)O. The number of esters is 1. The number of hydrogen-bond acceptors (Lipinski definition) is 4. The van der Waals surface area contributed by atoms with Crippen LogP contribution in [0.15, 0.2) is 18.2 Å². The Hall–Kier alpha value is -1.88. The van der Waals surface area contributed by atoms with Gasteiger partial charge in [0.05, 0.1) is 18.4 Å². The molecular formula is C12H13NO4. The average molecular weight is 235 g/mol. The minimum absolute atomic E-state index is 0.351. The van der Waals surface area contributed by atoms with E-state index in [-0.39, 0.29) is 0 Å². The Bertz CT molecular complexity index is 507. The molecule has 1 aromatic rings. The van der Waals surface area contributed by atoms with Crippen molar-refractivity contribution in [3.63, 3.8) is 0 Å². The zero-order valence-electron chi connectivity index (χ0n) is 9.85. The van der Waals surface area contributed by atoms with Crippen LogP contribution in [0.25, 0.3) is 0 Å². The van der Waals surface area contributed by atoms with E-state index in [1.807, 2.05) is 0 Å². The van der Waals surface area contributed by atoms with E-state index < -0.39 is 17.5 Å². The summed E-state index contributed by atoms with van der Waals surface area (Å²) in [6.07, 6.45) is 0. The molecule has 1 heterocycles. The van der Waals surface area contributed by atoms with Gasteiger partial charge in [0.2, 0.25) is 0 Å². The number of likely N-dealkylation sites (N-methyl/N-ethyl adjacent to an activating group) is 1. The number of rotatable bonds is 1. The minimum atomic E-state index is -1.53. The highest BCUT2D eigenvalue weighted by molar-refractivity contribution is 6.07. The molecule has 1 aliphatic rings. The van der Waals surface area contributed by atoms with E-state index in [2.05, 4.69) is 4.74 Å². The number of anilines is 1. The molecule has 90 valence electrons. The molecule has 2 rings (SSSR count). The summed E-state index contributed by atoms with van der Waals surface area (Å²) in [5.41, 5.74) is -0.150. The smallest absolute Gasteiger partial charge is 0.337 e. The molecule has 1 atom stereocenters. The fourth-order valence-electron chi connectivity index (χ4n) is 2.02. The van der Waals surface area contributed by atoms with Crippen molar-refractivity contribution in [1.29, 1.82) is 0 Å². The third-order valence-corrected chi connectivity index (χ3v) is 3.03. The largest absolute Gasteiger partial charge is 0.465 e. The number of ether oxygens (including phenoxy) is 1. The molecular weight excluding hydrogens is 222 g/mol. The van der Waals surface area contributed by atoms with E-state index >= 15 is 0 Å². The van der Waals surface area contributed by atoms with Gasteiger partial charge in [-0.05, 0) is 19.1 Å². The Kier molecular flexibility index (Phi) is 2.43. The average Bonchev–Trinajstić information content (AvgIpc) is 2.50. The number of carbonyl (C=O) groups excluding carboxylic acids is 2. The maximum atomic E-state index is 11.8. The van der Waals surface area contributed by atoms with Gasteiger partial charge in [0.25, 0.3) is 5.91 Å². The van der Waals surface area contributed by atoms with Crippen LogP contribution in [-0.2, 0) is 15.1 Å². The summed E-state index contributed by atoms with van der Waals surface area (Å²) >= 11 is 0. The number of nitrogens with zero attached hydrogens (tertiary/aromatic N) is 1. The fourth-order valence-corrected chi connectivity index (χ4v) is 2.02. The predicted octanol–water partition coefficient (Wildman–Crippen LogP) is 0.657. The lowest BCUT2D eigenvalue weighted by molar-refractivity contribution is -0.133. The van der Waals surface area contributed by atoms with Crippen molar-refractivity contribution in [2.24, 2.45) is 0 Å². The minimum Gasteiger partial charge on any atom is -0.465 e. The molecule has 5 heteroatoms. The number of amides is 1. The molecule has 1 aliphatic heterocycles. The first kappa shape index (κ1) is 11.6. The maximum absolute atomic E-state index is 11.8.